The molecule has 0 saturated carbocycles. The van der Waals surface area contributed by atoms with Crippen molar-refractivity contribution in [2.75, 3.05) is 0 Å². The average molecular weight is 396 g/mol. The molecule has 0 N–H and O–H groups in total. The van der Waals surface area contributed by atoms with Gasteiger partial charge in [0.05, 0.1) is 6.21 Å². The highest BCUT2D eigenvalue weighted by Gasteiger charge is 2.16. The van der Waals surface area contributed by atoms with Gasteiger partial charge < -0.3 is 14.3 Å². The number of hydrogen-bond acceptors (Lipinski definition) is 5. The van der Waals surface area contributed by atoms with Crippen LogP contribution in [0, 0.1) is 0 Å². The summed E-state index contributed by atoms with van der Waals surface area (Å²) in [5, 5.41) is 4.33. The first kappa shape index (κ1) is 19.5. The first-order chi connectivity index (χ1) is 13.6. The molecule has 3 rings (SSSR count). The molecule has 28 heavy (non-hydrogen) atoms. The average Bonchev–Trinajstić information content (AvgIpc) is 2.72. The number of hydrogen-bond donors (Lipinski definition) is 0. The molecule has 0 saturated heterocycles. The molecule has 0 aliphatic carbocycles. The summed E-state index contributed by atoms with van der Waals surface area (Å²) in [5.41, 5.74) is 0.833. The quantitative estimate of drug-likeness (QED) is 0.302. The van der Waals surface area contributed by atoms with Crippen LogP contribution >= 0.6 is 11.6 Å². The maximum absolute atomic E-state index is 12.0. The molecule has 142 valence electrons. The Labute approximate surface area is 168 Å². The standard InChI is InChI=1S/C22H18ClNO4/c1-16(22(25)28-24-15-17-5-3-2-4-6-17)26-19-11-13-21(14-12-19)27-20-9-7-18(23)8-10-20/h2-16H,1H3/b24-15+. The van der Waals surface area contributed by atoms with E-state index < -0.39 is 12.1 Å². The highest BCUT2D eigenvalue weighted by molar-refractivity contribution is 6.30. The van der Waals surface area contributed by atoms with Gasteiger partial charge in [0.1, 0.15) is 17.2 Å². The Kier molecular flexibility index (Phi) is 6.65. The summed E-state index contributed by atoms with van der Waals surface area (Å²) >= 11 is 5.85. The van der Waals surface area contributed by atoms with E-state index in [1.807, 2.05) is 30.3 Å². The minimum atomic E-state index is -0.809. The van der Waals surface area contributed by atoms with E-state index in [1.165, 1.54) is 6.21 Å². The SMILES string of the molecule is CC(Oc1ccc(Oc2ccc(Cl)cc2)cc1)C(=O)O/N=C/c1ccccc1. The van der Waals surface area contributed by atoms with Crippen molar-refractivity contribution in [1.29, 1.82) is 0 Å². The lowest BCUT2D eigenvalue weighted by Crippen LogP contribution is -2.24. The zero-order valence-electron chi connectivity index (χ0n) is 15.1. The van der Waals surface area contributed by atoms with Gasteiger partial charge in [0.25, 0.3) is 0 Å². The Balaban J connectivity index is 1.50. The van der Waals surface area contributed by atoms with Crippen molar-refractivity contribution in [3.63, 3.8) is 0 Å². The molecular weight excluding hydrogens is 378 g/mol. The van der Waals surface area contributed by atoms with E-state index in [0.29, 0.717) is 22.3 Å². The van der Waals surface area contributed by atoms with Gasteiger partial charge in [-0.2, -0.15) is 0 Å². The Morgan fingerprint density at radius 3 is 2.11 bits per heavy atom. The maximum Gasteiger partial charge on any atom is 0.374 e. The molecule has 0 fully saturated rings. The van der Waals surface area contributed by atoms with Gasteiger partial charge in [-0.3, -0.25) is 0 Å². The Hall–Kier alpha value is -3.31. The highest BCUT2D eigenvalue weighted by atomic mass is 35.5. The molecule has 5 nitrogen and oxygen atoms in total. The number of ether oxygens (including phenoxy) is 2. The molecule has 1 unspecified atom stereocenters. The second-order valence-electron chi connectivity index (χ2n) is 5.84. The lowest BCUT2D eigenvalue weighted by atomic mass is 10.2. The third-order valence-corrected chi connectivity index (χ3v) is 3.91. The zero-order chi connectivity index (χ0) is 19.8. The Morgan fingerprint density at radius 1 is 0.893 bits per heavy atom. The maximum atomic E-state index is 12.0. The first-order valence-corrected chi connectivity index (χ1v) is 8.97. The summed E-state index contributed by atoms with van der Waals surface area (Å²) in [6.45, 7) is 1.60. The van der Waals surface area contributed by atoms with Crippen LogP contribution in [0.2, 0.25) is 5.02 Å². The van der Waals surface area contributed by atoms with Gasteiger partial charge in [0.2, 0.25) is 0 Å². The summed E-state index contributed by atoms with van der Waals surface area (Å²) in [6, 6.07) is 23.3. The predicted octanol–water partition coefficient (Wildman–Crippen LogP) is 5.48. The number of rotatable bonds is 7. The molecule has 0 bridgehead atoms. The molecule has 1 atom stereocenters. The minimum absolute atomic E-state index is 0.514. The van der Waals surface area contributed by atoms with E-state index in [-0.39, 0.29) is 0 Å². The van der Waals surface area contributed by atoms with E-state index in [2.05, 4.69) is 5.16 Å². The topological polar surface area (TPSA) is 57.1 Å². The van der Waals surface area contributed by atoms with Crippen LogP contribution in [0.25, 0.3) is 0 Å². The van der Waals surface area contributed by atoms with Crippen molar-refractivity contribution in [1.82, 2.24) is 0 Å². The van der Waals surface area contributed by atoms with Gasteiger partial charge in [0, 0.05) is 5.02 Å². The largest absolute Gasteiger partial charge is 0.479 e. The molecular formula is C22H18ClNO4. The molecule has 0 aromatic heterocycles. The van der Waals surface area contributed by atoms with Crippen LogP contribution in [0.4, 0.5) is 0 Å². The molecule has 0 aliphatic heterocycles. The number of carbonyl (C=O) groups excluding carboxylic acids is 1. The molecule has 3 aromatic carbocycles. The van der Waals surface area contributed by atoms with Crippen LogP contribution in [0.5, 0.6) is 17.2 Å². The van der Waals surface area contributed by atoms with Gasteiger partial charge in [-0.1, -0.05) is 47.1 Å². The van der Waals surface area contributed by atoms with Crippen LogP contribution in [0.1, 0.15) is 12.5 Å². The van der Waals surface area contributed by atoms with Gasteiger partial charge in [-0.05, 0) is 61.0 Å². The summed E-state index contributed by atoms with van der Waals surface area (Å²) < 4.78 is 11.3. The molecule has 0 spiro atoms. The predicted molar refractivity (Wildman–Crippen MR) is 108 cm³/mol. The lowest BCUT2D eigenvalue weighted by Gasteiger charge is -2.12. The second kappa shape index (κ2) is 9.58. The van der Waals surface area contributed by atoms with E-state index in [0.717, 1.165) is 5.56 Å². The van der Waals surface area contributed by atoms with Crippen molar-refractivity contribution in [3.05, 3.63) is 89.4 Å². The molecule has 6 heteroatoms. The van der Waals surface area contributed by atoms with Crippen molar-refractivity contribution in [2.45, 2.75) is 13.0 Å². The first-order valence-electron chi connectivity index (χ1n) is 8.59. The summed E-state index contributed by atoms with van der Waals surface area (Å²) in [6.07, 6.45) is 0.656. The van der Waals surface area contributed by atoms with Gasteiger partial charge in [-0.15, -0.1) is 0 Å². The highest BCUT2D eigenvalue weighted by Crippen LogP contribution is 2.25. The summed E-state index contributed by atoms with van der Waals surface area (Å²) in [5.74, 6) is 1.23. The number of oxime groups is 1. The van der Waals surface area contributed by atoms with Crippen molar-refractivity contribution in [2.24, 2.45) is 5.16 Å². The second-order valence-corrected chi connectivity index (χ2v) is 6.28. The fourth-order valence-corrected chi connectivity index (χ4v) is 2.36. The van der Waals surface area contributed by atoms with Crippen LogP contribution < -0.4 is 9.47 Å². The number of nitrogens with zero attached hydrogens (tertiary/aromatic N) is 1. The van der Waals surface area contributed by atoms with Crippen LogP contribution in [-0.2, 0) is 9.63 Å². The fraction of sp³-hybridized carbons (Fsp3) is 0.0909. The molecule has 0 heterocycles. The minimum Gasteiger partial charge on any atom is -0.479 e. The van der Waals surface area contributed by atoms with E-state index >= 15 is 0 Å². The van der Waals surface area contributed by atoms with Crippen molar-refractivity contribution >= 4 is 23.8 Å². The summed E-state index contributed by atoms with van der Waals surface area (Å²) in [7, 11) is 0. The molecule has 0 radical (unpaired) electrons. The molecule has 0 amide bonds. The van der Waals surface area contributed by atoms with Gasteiger partial charge >= 0.3 is 5.97 Å². The normalized spacial score (nSPS) is 11.8. The fourth-order valence-electron chi connectivity index (χ4n) is 2.23. The molecule has 0 aliphatic rings. The lowest BCUT2D eigenvalue weighted by molar-refractivity contribution is -0.151. The van der Waals surface area contributed by atoms with Gasteiger partial charge in [0.15, 0.2) is 6.10 Å². The van der Waals surface area contributed by atoms with Crippen molar-refractivity contribution in [3.8, 4) is 17.2 Å². The number of benzene rings is 3. The zero-order valence-corrected chi connectivity index (χ0v) is 15.9. The smallest absolute Gasteiger partial charge is 0.374 e. The van der Waals surface area contributed by atoms with Crippen LogP contribution in [0.15, 0.2) is 84.0 Å². The van der Waals surface area contributed by atoms with Gasteiger partial charge in [-0.25, -0.2) is 4.79 Å². The number of carbonyl (C=O) groups is 1. The van der Waals surface area contributed by atoms with Crippen LogP contribution in [-0.4, -0.2) is 18.3 Å². The number of halogens is 1. The van der Waals surface area contributed by atoms with E-state index in [9.17, 15) is 4.79 Å². The Bertz CT molecular complexity index is 925. The van der Waals surface area contributed by atoms with E-state index in [1.54, 1.807) is 55.5 Å². The summed E-state index contributed by atoms with van der Waals surface area (Å²) in [4.78, 5) is 16.8. The van der Waals surface area contributed by atoms with E-state index in [4.69, 9.17) is 25.9 Å². The Morgan fingerprint density at radius 2 is 1.46 bits per heavy atom. The molecule has 3 aromatic rings. The van der Waals surface area contributed by atoms with Crippen LogP contribution in [0.3, 0.4) is 0 Å². The third kappa shape index (κ3) is 5.86. The monoisotopic (exact) mass is 395 g/mol. The third-order valence-electron chi connectivity index (χ3n) is 3.66. The van der Waals surface area contributed by atoms with Crippen molar-refractivity contribution < 1.29 is 19.1 Å².